The third kappa shape index (κ3) is 2.25. The lowest BCUT2D eigenvalue weighted by Gasteiger charge is -2.46. The van der Waals surface area contributed by atoms with Gasteiger partial charge >= 0.3 is 11.5 Å². The Balaban J connectivity index is 1.45. The first-order valence-corrected chi connectivity index (χ1v) is 14.9. The summed E-state index contributed by atoms with van der Waals surface area (Å²) < 4.78 is 18.3. The highest BCUT2D eigenvalue weighted by Gasteiger charge is 2.69. The van der Waals surface area contributed by atoms with Gasteiger partial charge in [0, 0.05) is 28.2 Å². The molecular weight excluding hydrogens is 530 g/mol. The average Bonchev–Trinajstić information content (AvgIpc) is 3.16. The van der Waals surface area contributed by atoms with Crippen molar-refractivity contribution in [3.63, 3.8) is 0 Å². The van der Waals surface area contributed by atoms with Crippen LogP contribution < -0.4 is 23.5 Å². The van der Waals surface area contributed by atoms with E-state index in [1.807, 2.05) is 12.1 Å². The van der Waals surface area contributed by atoms with Crippen LogP contribution in [0.4, 0.5) is 17.2 Å². The molecule has 202 valence electrons. The van der Waals surface area contributed by atoms with E-state index < -0.39 is 5.66 Å². The maximum absolute atomic E-state index is 6.84. The molecule has 0 bridgehead atoms. The molecule has 0 aliphatic carbocycles. The van der Waals surface area contributed by atoms with Crippen LogP contribution in [0.1, 0.15) is 36.1 Å². The summed E-state index contributed by atoms with van der Waals surface area (Å²) in [5.41, 5.74) is 11.1. The van der Waals surface area contributed by atoms with Crippen LogP contribution in [0.25, 0.3) is 22.3 Å². The van der Waals surface area contributed by atoms with E-state index in [1.165, 1.54) is 50.6 Å². The van der Waals surface area contributed by atoms with Crippen molar-refractivity contribution in [2.45, 2.75) is 24.9 Å². The lowest BCUT2D eigenvalue weighted by atomic mass is 9.72. The molecule has 5 aliphatic rings. The zero-order valence-corrected chi connectivity index (χ0v) is 23.6. The van der Waals surface area contributed by atoms with Crippen molar-refractivity contribution >= 4 is 17.2 Å². The summed E-state index contributed by atoms with van der Waals surface area (Å²) in [4.78, 5) is 2.54. The first-order valence-electron chi connectivity index (χ1n) is 14.9. The number of rotatable bonds is 0. The quantitative estimate of drug-likeness (QED) is 0.179. The summed E-state index contributed by atoms with van der Waals surface area (Å²) in [5, 5.41) is 0. The smallest absolute Gasteiger partial charge is 0.380 e. The van der Waals surface area contributed by atoms with Gasteiger partial charge < -0.3 is 9.47 Å². The van der Waals surface area contributed by atoms with Crippen molar-refractivity contribution in [2.24, 2.45) is 0 Å². The highest BCUT2D eigenvalue weighted by Crippen LogP contribution is 2.65. The van der Waals surface area contributed by atoms with Gasteiger partial charge in [0.15, 0.2) is 28.8 Å². The molecule has 0 saturated carbocycles. The van der Waals surface area contributed by atoms with Crippen LogP contribution in [0.3, 0.4) is 0 Å². The normalized spacial score (nSPS) is 19.1. The van der Waals surface area contributed by atoms with Gasteiger partial charge in [-0.05, 0) is 53.6 Å². The Morgan fingerprint density at radius 2 is 1.21 bits per heavy atom. The summed E-state index contributed by atoms with van der Waals surface area (Å²) >= 11 is 0. The van der Waals surface area contributed by atoms with Gasteiger partial charge in [-0.1, -0.05) is 62.4 Å². The second-order valence-corrected chi connectivity index (χ2v) is 12.6. The van der Waals surface area contributed by atoms with Crippen LogP contribution in [0, 0.1) is 0 Å². The predicted molar refractivity (Wildman–Crippen MR) is 163 cm³/mol. The highest BCUT2D eigenvalue weighted by molar-refractivity contribution is 6.06. The minimum absolute atomic E-state index is 0.242. The topological polar surface area (TPSA) is 29.5 Å². The molecule has 2 aromatic heterocycles. The van der Waals surface area contributed by atoms with E-state index in [-0.39, 0.29) is 5.41 Å². The molecule has 1 atom stereocenters. The Hall–Kier alpha value is -5.42. The number of benzene rings is 4. The fourth-order valence-electron chi connectivity index (χ4n) is 8.61. The number of ether oxygens (including phenoxy) is 2. The average molecular weight is 556 g/mol. The van der Waals surface area contributed by atoms with E-state index in [4.69, 9.17) is 9.47 Å². The molecule has 11 rings (SSSR count). The molecule has 0 amide bonds. The maximum atomic E-state index is 6.84. The van der Waals surface area contributed by atoms with Gasteiger partial charge in [0.2, 0.25) is 0 Å². The summed E-state index contributed by atoms with van der Waals surface area (Å²) in [7, 11) is 0. The minimum Gasteiger partial charge on any atom is -0.455 e. The Morgan fingerprint density at radius 1 is 0.535 bits per heavy atom. The molecule has 5 nitrogen and oxygen atoms in total. The van der Waals surface area contributed by atoms with Crippen LogP contribution in [-0.2, 0) is 11.1 Å². The van der Waals surface area contributed by atoms with Crippen LogP contribution >= 0.6 is 0 Å². The Labute approximate surface area is 248 Å². The second kappa shape index (κ2) is 6.96. The van der Waals surface area contributed by atoms with Crippen molar-refractivity contribution in [1.82, 2.24) is 0 Å². The summed E-state index contributed by atoms with van der Waals surface area (Å²) in [5.74, 6) is 4.46. The Kier molecular flexibility index (Phi) is 3.59. The summed E-state index contributed by atoms with van der Waals surface area (Å²) in [6.07, 6.45) is 4.41. The highest BCUT2D eigenvalue weighted by atomic mass is 16.5. The van der Waals surface area contributed by atoms with Gasteiger partial charge in [-0.25, -0.2) is 0 Å². The van der Waals surface area contributed by atoms with E-state index in [9.17, 15) is 0 Å². The van der Waals surface area contributed by atoms with Crippen LogP contribution in [0.5, 0.6) is 23.1 Å². The lowest BCUT2D eigenvalue weighted by molar-refractivity contribution is -0.970. The van der Waals surface area contributed by atoms with Gasteiger partial charge in [0.1, 0.15) is 17.2 Å². The molecule has 7 heterocycles. The molecular formula is C38H25N3O2+2. The van der Waals surface area contributed by atoms with E-state index in [2.05, 4.69) is 131 Å². The summed E-state index contributed by atoms with van der Waals surface area (Å²) in [6, 6.07) is 37.0. The molecule has 0 radical (unpaired) electrons. The molecule has 0 fully saturated rings. The number of aromatic nitrogens is 2. The van der Waals surface area contributed by atoms with Crippen molar-refractivity contribution in [3.05, 3.63) is 138 Å². The van der Waals surface area contributed by atoms with Crippen molar-refractivity contribution in [2.75, 3.05) is 4.90 Å². The lowest BCUT2D eigenvalue weighted by Crippen LogP contribution is -2.78. The first-order chi connectivity index (χ1) is 21.1. The van der Waals surface area contributed by atoms with Gasteiger partial charge in [-0.3, -0.25) is 0 Å². The Morgan fingerprint density at radius 3 is 2.07 bits per heavy atom. The SMILES string of the molecule is CC1(C)c2cccc3c2N2c4c(ccc5c4C4(c6c(cccc6Oc6cccc[n+]64)O5)[n+]4cccc1c42)-c1ccccc1-3. The fourth-order valence-corrected chi connectivity index (χ4v) is 8.61. The van der Waals surface area contributed by atoms with Gasteiger partial charge in [0.05, 0.1) is 17.8 Å². The monoisotopic (exact) mass is 555 g/mol. The number of hydrogen-bond acceptors (Lipinski definition) is 3. The van der Waals surface area contributed by atoms with E-state index in [1.54, 1.807) is 0 Å². The molecule has 0 N–H and O–H groups in total. The van der Waals surface area contributed by atoms with Crippen LogP contribution in [0.15, 0.2) is 116 Å². The molecule has 5 heteroatoms. The van der Waals surface area contributed by atoms with E-state index in [0.29, 0.717) is 0 Å². The molecule has 4 aromatic carbocycles. The third-order valence-corrected chi connectivity index (χ3v) is 10.3. The predicted octanol–water partition coefficient (Wildman–Crippen LogP) is 7.84. The summed E-state index contributed by atoms with van der Waals surface area (Å²) in [6.45, 7) is 4.73. The van der Waals surface area contributed by atoms with Gasteiger partial charge in [-0.15, -0.1) is 4.57 Å². The van der Waals surface area contributed by atoms with E-state index >= 15 is 0 Å². The van der Waals surface area contributed by atoms with Gasteiger partial charge in [0.25, 0.3) is 5.82 Å². The Bertz CT molecular complexity index is 2290. The number of para-hydroxylation sites is 1. The van der Waals surface area contributed by atoms with Crippen LogP contribution in [0.2, 0.25) is 0 Å². The molecule has 1 spiro atoms. The van der Waals surface area contributed by atoms with Crippen molar-refractivity contribution < 1.29 is 18.6 Å². The number of fused-ring (bicyclic) bond motifs is 4. The molecule has 1 unspecified atom stereocenters. The fraction of sp³-hybridized carbons (Fsp3) is 0.105. The third-order valence-electron chi connectivity index (χ3n) is 10.3. The maximum Gasteiger partial charge on any atom is 0.380 e. The molecule has 5 aliphatic heterocycles. The van der Waals surface area contributed by atoms with Crippen LogP contribution in [-0.4, -0.2) is 0 Å². The van der Waals surface area contributed by atoms with E-state index in [0.717, 1.165) is 34.3 Å². The molecule has 43 heavy (non-hydrogen) atoms. The number of hydrogen-bond donors (Lipinski definition) is 0. The standard InChI is InChI=1S/C38H25N3O2/c1-37(2)26-13-7-12-24-22-10-3-4-11-23(22)25-18-19-30-33-35(25)41(34(24)26)36-27(37)14-9-21-40(36)38(33)32-28(42-30)15-8-16-29(32)43-31-17-5-6-20-39(31)38/h3-21H,1-2H3/q+2. The molecule has 0 saturated heterocycles. The van der Waals surface area contributed by atoms with Crippen molar-refractivity contribution in [1.29, 1.82) is 0 Å². The second-order valence-electron chi connectivity index (χ2n) is 12.6. The number of pyridine rings is 2. The first kappa shape index (κ1) is 22.2. The zero-order valence-electron chi connectivity index (χ0n) is 23.6. The largest absolute Gasteiger partial charge is 0.455 e. The number of anilines is 3. The zero-order chi connectivity index (χ0) is 28.2. The van der Waals surface area contributed by atoms with Crippen molar-refractivity contribution in [3.8, 4) is 45.4 Å². The minimum atomic E-state index is -0.774. The number of nitrogens with zero attached hydrogens (tertiary/aromatic N) is 3. The van der Waals surface area contributed by atoms with Gasteiger partial charge in [-0.2, -0.15) is 9.47 Å². The molecule has 6 aromatic rings.